The fourth-order valence-corrected chi connectivity index (χ4v) is 2.07. The molecule has 0 aliphatic heterocycles. The Balaban J connectivity index is 2.35. The highest BCUT2D eigenvalue weighted by molar-refractivity contribution is 6.38. The lowest BCUT2D eigenvalue weighted by molar-refractivity contribution is 0.102. The summed E-state index contributed by atoms with van der Waals surface area (Å²) in [4.78, 5) is 19.7. The van der Waals surface area contributed by atoms with Crippen molar-refractivity contribution in [2.75, 3.05) is 12.4 Å². The number of hydrogen-bond acceptors (Lipinski definition) is 4. The van der Waals surface area contributed by atoms with Crippen molar-refractivity contribution in [2.24, 2.45) is 0 Å². The van der Waals surface area contributed by atoms with Gasteiger partial charge in [0.2, 0.25) is 0 Å². The summed E-state index contributed by atoms with van der Waals surface area (Å²) in [6, 6.07) is 4.67. The zero-order valence-corrected chi connectivity index (χ0v) is 12.4. The molecule has 8 heteroatoms. The molecule has 1 aromatic heterocycles. The number of benzene rings is 1. The Kier molecular flexibility index (Phi) is 4.65. The SMILES string of the molecule is COc1ccc(Cl)cc1C(=O)Nc1c(Cl)ncnc1Cl. The number of carbonyl (C=O) groups excluding carboxylic acids is 1. The van der Waals surface area contributed by atoms with Crippen LogP contribution in [0.3, 0.4) is 0 Å². The van der Waals surface area contributed by atoms with Gasteiger partial charge in [-0.15, -0.1) is 0 Å². The monoisotopic (exact) mass is 331 g/mol. The van der Waals surface area contributed by atoms with E-state index in [4.69, 9.17) is 39.5 Å². The minimum atomic E-state index is -0.483. The van der Waals surface area contributed by atoms with Crippen molar-refractivity contribution in [1.29, 1.82) is 0 Å². The van der Waals surface area contributed by atoms with Crippen LogP contribution in [0.2, 0.25) is 15.3 Å². The Hall–Kier alpha value is -1.56. The molecular formula is C12H8Cl3N3O2. The molecule has 0 saturated carbocycles. The molecule has 0 saturated heterocycles. The van der Waals surface area contributed by atoms with Gasteiger partial charge >= 0.3 is 0 Å². The largest absolute Gasteiger partial charge is 0.496 e. The molecule has 2 aromatic rings. The van der Waals surface area contributed by atoms with E-state index in [0.717, 1.165) is 0 Å². The van der Waals surface area contributed by atoms with Crippen LogP contribution in [-0.2, 0) is 0 Å². The Morgan fingerprint density at radius 2 is 1.85 bits per heavy atom. The summed E-state index contributed by atoms with van der Waals surface area (Å²) in [6.07, 6.45) is 1.19. The van der Waals surface area contributed by atoms with Crippen molar-refractivity contribution >= 4 is 46.4 Å². The number of rotatable bonds is 3. The maximum Gasteiger partial charge on any atom is 0.259 e. The van der Waals surface area contributed by atoms with Gasteiger partial charge in [0.1, 0.15) is 17.8 Å². The summed E-state index contributed by atoms with van der Waals surface area (Å²) < 4.78 is 5.10. The van der Waals surface area contributed by atoms with Crippen LogP contribution in [0.25, 0.3) is 0 Å². The lowest BCUT2D eigenvalue weighted by Gasteiger charge is -2.10. The van der Waals surface area contributed by atoms with Crippen LogP contribution >= 0.6 is 34.8 Å². The van der Waals surface area contributed by atoms with Gasteiger partial charge in [-0.3, -0.25) is 4.79 Å². The number of anilines is 1. The van der Waals surface area contributed by atoms with Gasteiger partial charge in [0, 0.05) is 5.02 Å². The second-order valence-electron chi connectivity index (χ2n) is 3.63. The first-order chi connectivity index (χ1) is 9.52. The second-order valence-corrected chi connectivity index (χ2v) is 4.78. The number of aromatic nitrogens is 2. The predicted molar refractivity (Wildman–Crippen MR) is 78.0 cm³/mol. The molecule has 20 heavy (non-hydrogen) atoms. The minimum absolute atomic E-state index is 0.0411. The number of nitrogens with one attached hydrogen (secondary N) is 1. The van der Waals surface area contributed by atoms with E-state index in [1.54, 1.807) is 12.1 Å². The van der Waals surface area contributed by atoms with Crippen LogP contribution in [0.4, 0.5) is 5.69 Å². The quantitative estimate of drug-likeness (QED) is 0.871. The first kappa shape index (κ1) is 14.8. The summed E-state index contributed by atoms with van der Waals surface area (Å²) in [5, 5.41) is 3.01. The molecule has 2 rings (SSSR count). The predicted octanol–water partition coefficient (Wildman–Crippen LogP) is 3.70. The molecule has 104 valence electrons. The van der Waals surface area contributed by atoms with Crippen LogP contribution in [-0.4, -0.2) is 23.0 Å². The highest BCUT2D eigenvalue weighted by Crippen LogP contribution is 2.28. The molecule has 0 spiro atoms. The Morgan fingerprint density at radius 3 is 2.45 bits per heavy atom. The third kappa shape index (κ3) is 3.12. The number of carbonyl (C=O) groups is 1. The Morgan fingerprint density at radius 1 is 1.20 bits per heavy atom. The molecule has 0 bridgehead atoms. The van der Waals surface area contributed by atoms with E-state index >= 15 is 0 Å². The van der Waals surface area contributed by atoms with Gasteiger partial charge in [-0.05, 0) is 18.2 Å². The Labute approximate surface area is 129 Å². The lowest BCUT2D eigenvalue weighted by atomic mass is 10.2. The van der Waals surface area contributed by atoms with E-state index in [9.17, 15) is 4.79 Å². The molecule has 0 aliphatic carbocycles. The third-order valence-corrected chi connectivity index (χ3v) is 3.21. The molecule has 1 aromatic carbocycles. The number of amides is 1. The van der Waals surface area contributed by atoms with Crippen LogP contribution in [0.15, 0.2) is 24.5 Å². The first-order valence-electron chi connectivity index (χ1n) is 5.34. The van der Waals surface area contributed by atoms with Crippen molar-refractivity contribution in [3.63, 3.8) is 0 Å². The molecule has 1 amide bonds. The van der Waals surface area contributed by atoms with Crippen molar-refractivity contribution < 1.29 is 9.53 Å². The summed E-state index contributed by atoms with van der Waals surface area (Å²) in [6.45, 7) is 0. The van der Waals surface area contributed by atoms with E-state index in [-0.39, 0.29) is 21.6 Å². The summed E-state index contributed by atoms with van der Waals surface area (Å²) in [7, 11) is 1.45. The van der Waals surface area contributed by atoms with E-state index in [0.29, 0.717) is 10.8 Å². The van der Waals surface area contributed by atoms with Crippen LogP contribution in [0.5, 0.6) is 5.75 Å². The average molecular weight is 333 g/mol. The maximum atomic E-state index is 12.2. The molecule has 0 aliphatic rings. The highest BCUT2D eigenvalue weighted by Gasteiger charge is 2.17. The molecule has 0 atom stereocenters. The van der Waals surface area contributed by atoms with Gasteiger partial charge in [-0.2, -0.15) is 0 Å². The van der Waals surface area contributed by atoms with Crippen molar-refractivity contribution in [3.8, 4) is 5.75 Å². The fourth-order valence-electron chi connectivity index (χ4n) is 1.49. The van der Waals surface area contributed by atoms with Crippen LogP contribution in [0, 0.1) is 0 Å². The number of ether oxygens (including phenoxy) is 1. The van der Waals surface area contributed by atoms with Gasteiger partial charge in [-0.25, -0.2) is 9.97 Å². The van der Waals surface area contributed by atoms with Crippen LogP contribution in [0.1, 0.15) is 10.4 Å². The molecule has 0 fully saturated rings. The minimum Gasteiger partial charge on any atom is -0.496 e. The number of hydrogen-bond donors (Lipinski definition) is 1. The Bertz CT molecular complexity index is 644. The number of halogens is 3. The smallest absolute Gasteiger partial charge is 0.259 e. The van der Waals surface area contributed by atoms with Crippen molar-refractivity contribution in [1.82, 2.24) is 9.97 Å². The van der Waals surface area contributed by atoms with Gasteiger partial charge < -0.3 is 10.1 Å². The number of methoxy groups -OCH3 is 1. The van der Waals surface area contributed by atoms with Crippen LogP contribution < -0.4 is 10.1 Å². The van der Waals surface area contributed by atoms with Gasteiger partial charge in [0.25, 0.3) is 5.91 Å². The normalized spacial score (nSPS) is 10.2. The van der Waals surface area contributed by atoms with Crippen molar-refractivity contribution in [3.05, 3.63) is 45.4 Å². The van der Waals surface area contributed by atoms with E-state index in [1.807, 2.05) is 0 Å². The molecule has 0 unspecified atom stereocenters. The lowest BCUT2D eigenvalue weighted by Crippen LogP contribution is -2.14. The van der Waals surface area contributed by atoms with E-state index < -0.39 is 5.91 Å². The zero-order valence-electron chi connectivity index (χ0n) is 10.2. The van der Waals surface area contributed by atoms with Crippen molar-refractivity contribution in [2.45, 2.75) is 0 Å². The molecule has 0 radical (unpaired) electrons. The zero-order chi connectivity index (χ0) is 14.7. The molecule has 5 nitrogen and oxygen atoms in total. The molecular weight excluding hydrogens is 325 g/mol. The van der Waals surface area contributed by atoms with E-state index in [1.165, 1.54) is 19.5 Å². The fraction of sp³-hybridized carbons (Fsp3) is 0.0833. The summed E-state index contributed by atoms with van der Waals surface area (Å²) in [5.74, 6) is -0.112. The van der Waals surface area contributed by atoms with E-state index in [2.05, 4.69) is 15.3 Å². The summed E-state index contributed by atoms with van der Waals surface area (Å²) in [5.41, 5.74) is 0.374. The second kappa shape index (κ2) is 6.26. The molecule has 1 heterocycles. The number of nitrogens with zero attached hydrogens (tertiary/aromatic N) is 2. The van der Waals surface area contributed by atoms with Gasteiger partial charge in [-0.1, -0.05) is 34.8 Å². The van der Waals surface area contributed by atoms with Gasteiger partial charge in [0.05, 0.1) is 12.7 Å². The summed E-state index contributed by atoms with van der Waals surface area (Å²) >= 11 is 17.6. The maximum absolute atomic E-state index is 12.2. The standard InChI is InChI=1S/C12H8Cl3N3O2/c1-20-8-3-2-6(13)4-7(8)12(19)18-9-10(14)16-5-17-11(9)15/h2-5H,1H3,(H,18,19). The third-order valence-electron chi connectivity index (χ3n) is 2.40. The highest BCUT2D eigenvalue weighted by atomic mass is 35.5. The first-order valence-corrected chi connectivity index (χ1v) is 6.47. The average Bonchev–Trinajstić information content (AvgIpc) is 2.43. The topological polar surface area (TPSA) is 64.1 Å². The molecule has 1 N–H and O–H groups in total. The van der Waals surface area contributed by atoms with Gasteiger partial charge in [0.15, 0.2) is 10.3 Å².